The first kappa shape index (κ1) is 13.5. The Kier molecular flexibility index (Phi) is 3.42. The van der Waals surface area contributed by atoms with Crippen LogP contribution in [-0.2, 0) is 0 Å². The highest BCUT2D eigenvalue weighted by molar-refractivity contribution is 7.13. The molecule has 0 saturated carbocycles. The third-order valence-electron chi connectivity index (χ3n) is 4.05. The van der Waals surface area contributed by atoms with Crippen LogP contribution in [0.5, 0.6) is 0 Å². The molecule has 1 aliphatic rings. The number of hydrogen-bond acceptors (Lipinski definition) is 6. The molecular weight excluding hydrogens is 296 g/mol. The zero-order valence-electron chi connectivity index (χ0n) is 12.4. The Morgan fingerprint density at radius 3 is 2.86 bits per heavy atom. The van der Waals surface area contributed by atoms with Crippen molar-refractivity contribution in [3.63, 3.8) is 0 Å². The van der Waals surface area contributed by atoms with Crippen molar-refractivity contribution in [1.29, 1.82) is 0 Å². The van der Waals surface area contributed by atoms with E-state index in [4.69, 9.17) is 0 Å². The van der Waals surface area contributed by atoms with Crippen LogP contribution in [0.15, 0.2) is 30.0 Å². The highest BCUT2D eigenvalue weighted by atomic mass is 32.1. The molecule has 0 bridgehead atoms. The van der Waals surface area contributed by atoms with E-state index in [2.05, 4.69) is 31.3 Å². The van der Waals surface area contributed by atoms with E-state index in [1.165, 1.54) is 0 Å². The Labute approximate surface area is 132 Å². The van der Waals surface area contributed by atoms with E-state index in [9.17, 15) is 0 Å². The first-order chi connectivity index (χ1) is 10.8. The fraction of sp³-hybridized carbons (Fsp3) is 0.400. The summed E-state index contributed by atoms with van der Waals surface area (Å²) in [5.41, 5.74) is 2.11. The molecule has 0 amide bonds. The predicted molar refractivity (Wildman–Crippen MR) is 88.7 cm³/mol. The first-order valence-electron chi connectivity index (χ1n) is 7.51. The van der Waals surface area contributed by atoms with Gasteiger partial charge in [0, 0.05) is 43.1 Å². The van der Waals surface area contributed by atoms with Crippen LogP contribution in [0.2, 0.25) is 0 Å². The Bertz CT molecular complexity index is 758. The van der Waals surface area contributed by atoms with Crippen LogP contribution in [0.4, 0.5) is 10.9 Å². The molecule has 1 fully saturated rings. The first-order valence-corrected chi connectivity index (χ1v) is 8.39. The van der Waals surface area contributed by atoms with Crippen LogP contribution in [0.25, 0.3) is 5.52 Å². The standard InChI is InChI=1S/C15H18N6S/c1-11-10-13-14(16-4-8-21(13)19-11)20-6-2-12(3-7-20)18-15-17-5-9-22-15/h4-5,8-10,12H,2-3,6-7H2,1H3,(H,17,18). The fourth-order valence-electron chi connectivity index (χ4n) is 2.98. The Morgan fingerprint density at radius 2 is 2.09 bits per heavy atom. The van der Waals surface area contributed by atoms with Crippen LogP contribution in [0, 0.1) is 6.92 Å². The van der Waals surface area contributed by atoms with Gasteiger partial charge in [-0.15, -0.1) is 11.3 Å². The number of fused-ring (bicyclic) bond motifs is 1. The quantitative estimate of drug-likeness (QED) is 0.805. The maximum Gasteiger partial charge on any atom is 0.182 e. The minimum atomic E-state index is 0.494. The smallest absolute Gasteiger partial charge is 0.182 e. The highest BCUT2D eigenvalue weighted by Crippen LogP contribution is 2.25. The van der Waals surface area contributed by atoms with Crippen molar-refractivity contribution in [2.45, 2.75) is 25.8 Å². The Morgan fingerprint density at radius 1 is 1.23 bits per heavy atom. The summed E-state index contributed by atoms with van der Waals surface area (Å²) in [5.74, 6) is 1.04. The van der Waals surface area contributed by atoms with Gasteiger partial charge in [-0.2, -0.15) is 5.10 Å². The number of thiazole rings is 1. The van der Waals surface area contributed by atoms with E-state index in [1.807, 2.05) is 35.4 Å². The average molecular weight is 314 g/mol. The lowest BCUT2D eigenvalue weighted by molar-refractivity contribution is 0.524. The molecule has 1 aliphatic heterocycles. The van der Waals surface area contributed by atoms with E-state index in [0.29, 0.717) is 6.04 Å². The lowest BCUT2D eigenvalue weighted by Gasteiger charge is -2.33. The molecule has 0 atom stereocenters. The lowest BCUT2D eigenvalue weighted by Crippen LogP contribution is -2.39. The van der Waals surface area contributed by atoms with Crippen molar-refractivity contribution >= 4 is 27.8 Å². The largest absolute Gasteiger partial charge is 0.359 e. The molecule has 22 heavy (non-hydrogen) atoms. The second-order valence-corrected chi connectivity index (χ2v) is 6.50. The second kappa shape index (κ2) is 5.57. The van der Waals surface area contributed by atoms with Crippen molar-refractivity contribution in [2.75, 3.05) is 23.3 Å². The molecule has 0 radical (unpaired) electrons. The monoisotopic (exact) mass is 314 g/mol. The molecule has 1 N–H and O–H groups in total. The minimum Gasteiger partial charge on any atom is -0.359 e. The average Bonchev–Trinajstić information content (AvgIpc) is 3.16. The Hall–Kier alpha value is -2.15. The van der Waals surface area contributed by atoms with Gasteiger partial charge in [0.25, 0.3) is 0 Å². The molecular formula is C15H18N6S. The van der Waals surface area contributed by atoms with Crippen LogP contribution in [0.3, 0.4) is 0 Å². The number of nitrogens with zero attached hydrogens (tertiary/aromatic N) is 5. The lowest BCUT2D eigenvalue weighted by atomic mass is 10.1. The second-order valence-electron chi connectivity index (χ2n) is 5.61. The summed E-state index contributed by atoms with van der Waals surface area (Å²) in [6.45, 7) is 4.01. The van der Waals surface area contributed by atoms with Gasteiger partial charge in [0.05, 0.1) is 5.69 Å². The number of aromatic nitrogens is 4. The molecule has 3 aromatic heterocycles. The molecule has 4 rings (SSSR count). The van der Waals surface area contributed by atoms with Crippen LogP contribution in [-0.4, -0.2) is 38.7 Å². The summed E-state index contributed by atoms with van der Waals surface area (Å²) in [6.07, 6.45) is 7.76. The SMILES string of the molecule is Cc1cc2c(N3CCC(Nc4nccs4)CC3)nccn2n1. The van der Waals surface area contributed by atoms with Gasteiger partial charge >= 0.3 is 0 Å². The molecule has 0 unspecified atom stereocenters. The molecule has 3 aromatic rings. The van der Waals surface area contributed by atoms with E-state index in [0.717, 1.165) is 48.1 Å². The maximum absolute atomic E-state index is 4.58. The zero-order chi connectivity index (χ0) is 14.9. The maximum atomic E-state index is 4.58. The summed E-state index contributed by atoms with van der Waals surface area (Å²) in [6, 6.07) is 2.59. The normalized spacial score (nSPS) is 16.3. The van der Waals surface area contributed by atoms with Gasteiger partial charge in [-0.3, -0.25) is 0 Å². The van der Waals surface area contributed by atoms with Gasteiger partial charge in [0.2, 0.25) is 0 Å². The van der Waals surface area contributed by atoms with Crippen LogP contribution < -0.4 is 10.2 Å². The van der Waals surface area contributed by atoms with Gasteiger partial charge in [0.1, 0.15) is 5.52 Å². The predicted octanol–water partition coefficient (Wildman–Crippen LogP) is 2.58. The van der Waals surface area contributed by atoms with Crippen molar-refractivity contribution in [3.8, 4) is 0 Å². The zero-order valence-corrected chi connectivity index (χ0v) is 13.3. The molecule has 0 aromatic carbocycles. The summed E-state index contributed by atoms with van der Waals surface area (Å²) in [4.78, 5) is 11.2. The minimum absolute atomic E-state index is 0.494. The molecule has 1 saturated heterocycles. The number of rotatable bonds is 3. The number of aryl methyl sites for hydroxylation is 1. The van der Waals surface area contributed by atoms with Crippen molar-refractivity contribution in [1.82, 2.24) is 19.6 Å². The molecule has 114 valence electrons. The van der Waals surface area contributed by atoms with Crippen molar-refractivity contribution in [2.24, 2.45) is 0 Å². The van der Waals surface area contributed by atoms with Gasteiger partial charge in [-0.1, -0.05) is 0 Å². The van der Waals surface area contributed by atoms with Gasteiger partial charge in [-0.05, 0) is 25.8 Å². The van der Waals surface area contributed by atoms with E-state index >= 15 is 0 Å². The van der Waals surface area contributed by atoms with Crippen molar-refractivity contribution in [3.05, 3.63) is 35.7 Å². The summed E-state index contributed by atoms with van der Waals surface area (Å²) in [5, 5.41) is 11.0. The number of hydrogen-bond donors (Lipinski definition) is 1. The van der Waals surface area contributed by atoms with Gasteiger partial charge in [-0.25, -0.2) is 14.5 Å². The summed E-state index contributed by atoms with van der Waals surface area (Å²) in [7, 11) is 0. The number of anilines is 2. The molecule has 6 nitrogen and oxygen atoms in total. The van der Waals surface area contributed by atoms with Crippen LogP contribution in [0.1, 0.15) is 18.5 Å². The molecule has 0 aliphatic carbocycles. The van der Waals surface area contributed by atoms with Gasteiger partial charge < -0.3 is 10.2 Å². The van der Waals surface area contributed by atoms with E-state index in [1.54, 1.807) is 11.3 Å². The topological polar surface area (TPSA) is 58.3 Å². The van der Waals surface area contributed by atoms with E-state index < -0.39 is 0 Å². The Balaban J connectivity index is 1.48. The van der Waals surface area contributed by atoms with Crippen LogP contribution >= 0.6 is 11.3 Å². The summed E-state index contributed by atoms with van der Waals surface area (Å²) >= 11 is 1.66. The van der Waals surface area contributed by atoms with Crippen molar-refractivity contribution < 1.29 is 0 Å². The number of piperidine rings is 1. The third-order valence-corrected chi connectivity index (χ3v) is 4.75. The molecule has 0 spiro atoms. The summed E-state index contributed by atoms with van der Waals surface area (Å²) < 4.78 is 1.91. The third kappa shape index (κ3) is 2.52. The van der Waals surface area contributed by atoms with Gasteiger partial charge in [0.15, 0.2) is 10.9 Å². The highest BCUT2D eigenvalue weighted by Gasteiger charge is 2.22. The number of nitrogens with one attached hydrogen (secondary N) is 1. The molecule has 4 heterocycles. The molecule has 7 heteroatoms. The fourth-order valence-corrected chi connectivity index (χ4v) is 3.59. The van der Waals surface area contributed by atoms with E-state index in [-0.39, 0.29) is 0 Å².